The Hall–Kier alpha value is -0.860. The van der Waals surface area contributed by atoms with Gasteiger partial charge < -0.3 is 5.11 Å². The maximum Gasteiger partial charge on any atom is 0.311 e. The van der Waals surface area contributed by atoms with Crippen molar-refractivity contribution in [1.29, 1.82) is 0 Å². The van der Waals surface area contributed by atoms with Crippen molar-refractivity contribution in [2.24, 2.45) is 10.9 Å². The summed E-state index contributed by atoms with van der Waals surface area (Å²) in [5, 5.41) is 8.39. The number of hydrogen-bond donors (Lipinski definition) is 1. The zero-order valence-corrected chi connectivity index (χ0v) is 6.37. The Morgan fingerprint density at radius 2 is 2.40 bits per heavy atom. The zero-order chi connectivity index (χ0) is 7.98. The monoisotopic (exact) mass is 143 g/mol. The molecule has 0 rings (SSSR count). The Morgan fingerprint density at radius 1 is 1.80 bits per heavy atom. The van der Waals surface area contributed by atoms with Crippen LogP contribution in [0.1, 0.15) is 20.3 Å². The molecule has 10 heavy (non-hydrogen) atoms. The molecular formula is C7H13NO2. The first-order chi connectivity index (χ1) is 4.68. The third-order valence-corrected chi connectivity index (χ3v) is 1.07. The van der Waals surface area contributed by atoms with Crippen LogP contribution in [0.5, 0.6) is 0 Å². The fourth-order valence-corrected chi connectivity index (χ4v) is 0.426. The molecule has 0 aliphatic heterocycles. The number of nitrogens with zero attached hydrogens (tertiary/aromatic N) is 1. The Balaban J connectivity index is 3.55. The first-order valence-electron chi connectivity index (χ1n) is 3.41. The highest BCUT2D eigenvalue weighted by Crippen LogP contribution is 1.89. The normalized spacial score (nSPS) is 13.8. The first-order valence-corrected chi connectivity index (χ1v) is 3.41. The minimum absolute atomic E-state index is 0.452. The van der Waals surface area contributed by atoms with Crippen LogP contribution in [0.15, 0.2) is 4.99 Å². The average Bonchev–Trinajstić information content (AvgIpc) is 1.88. The van der Waals surface area contributed by atoms with E-state index in [1.54, 1.807) is 6.92 Å². The minimum Gasteiger partial charge on any atom is -0.481 e. The summed E-state index contributed by atoms with van der Waals surface area (Å²) in [6.45, 7) is 4.34. The summed E-state index contributed by atoms with van der Waals surface area (Å²) in [7, 11) is 0. The number of carboxylic acid groups (broad SMARTS) is 1. The van der Waals surface area contributed by atoms with Gasteiger partial charge in [-0.2, -0.15) is 0 Å². The summed E-state index contributed by atoms with van der Waals surface area (Å²) in [5.41, 5.74) is 0. The maximum atomic E-state index is 10.2. The highest BCUT2D eigenvalue weighted by atomic mass is 16.4. The van der Waals surface area contributed by atoms with E-state index in [0.29, 0.717) is 0 Å². The molecule has 0 amide bonds. The summed E-state index contributed by atoms with van der Waals surface area (Å²) in [4.78, 5) is 14.1. The van der Waals surface area contributed by atoms with Crippen LogP contribution in [0.25, 0.3) is 0 Å². The van der Waals surface area contributed by atoms with E-state index in [4.69, 9.17) is 5.11 Å². The number of rotatable bonds is 4. The Bertz CT molecular complexity index is 132. The molecule has 58 valence electrons. The second kappa shape index (κ2) is 4.97. The molecule has 1 atom stereocenters. The number of carboxylic acids is 1. The maximum absolute atomic E-state index is 10.2. The van der Waals surface area contributed by atoms with Crippen LogP contribution >= 0.6 is 0 Å². The molecule has 0 fully saturated rings. The van der Waals surface area contributed by atoms with E-state index < -0.39 is 11.9 Å². The molecule has 1 N–H and O–H groups in total. The highest BCUT2D eigenvalue weighted by molar-refractivity contribution is 5.87. The summed E-state index contributed by atoms with van der Waals surface area (Å²) in [6, 6.07) is 0. The number of aliphatic carboxylic acids is 1. The van der Waals surface area contributed by atoms with Gasteiger partial charge in [0.2, 0.25) is 0 Å². The standard InChI is InChI=1S/C7H13NO2/c1-3-4-8-5-6(2)7(9)10/h5-6H,3-4H2,1-2H3,(H,9,10). The lowest BCUT2D eigenvalue weighted by Gasteiger charge is -1.95. The average molecular weight is 143 g/mol. The van der Waals surface area contributed by atoms with Crippen molar-refractivity contribution in [3.05, 3.63) is 0 Å². The molecule has 3 heteroatoms. The summed E-state index contributed by atoms with van der Waals surface area (Å²) in [6.07, 6.45) is 2.44. The van der Waals surface area contributed by atoms with Crippen molar-refractivity contribution in [3.8, 4) is 0 Å². The van der Waals surface area contributed by atoms with Gasteiger partial charge in [0.1, 0.15) is 0 Å². The van der Waals surface area contributed by atoms with E-state index in [2.05, 4.69) is 4.99 Å². The van der Waals surface area contributed by atoms with Crippen LogP contribution in [-0.2, 0) is 4.79 Å². The fraction of sp³-hybridized carbons (Fsp3) is 0.714. The van der Waals surface area contributed by atoms with Crippen LogP contribution in [0.4, 0.5) is 0 Å². The van der Waals surface area contributed by atoms with E-state index >= 15 is 0 Å². The van der Waals surface area contributed by atoms with Crippen LogP contribution < -0.4 is 0 Å². The second-order valence-corrected chi connectivity index (χ2v) is 2.18. The van der Waals surface area contributed by atoms with E-state index in [9.17, 15) is 4.79 Å². The van der Waals surface area contributed by atoms with E-state index in [1.165, 1.54) is 6.21 Å². The van der Waals surface area contributed by atoms with Crippen LogP contribution in [0.2, 0.25) is 0 Å². The van der Waals surface area contributed by atoms with Crippen molar-refractivity contribution in [1.82, 2.24) is 0 Å². The van der Waals surface area contributed by atoms with E-state index in [-0.39, 0.29) is 0 Å². The minimum atomic E-state index is -0.820. The van der Waals surface area contributed by atoms with Gasteiger partial charge in [-0.25, -0.2) is 0 Å². The largest absolute Gasteiger partial charge is 0.481 e. The van der Waals surface area contributed by atoms with Gasteiger partial charge in [0.05, 0.1) is 5.92 Å². The Labute approximate surface area is 60.8 Å². The molecule has 0 aromatic carbocycles. The van der Waals surface area contributed by atoms with Gasteiger partial charge in [0.15, 0.2) is 0 Å². The molecule has 0 spiro atoms. The molecule has 0 radical (unpaired) electrons. The molecule has 1 unspecified atom stereocenters. The van der Waals surface area contributed by atoms with Crippen LogP contribution in [0.3, 0.4) is 0 Å². The Kier molecular flexibility index (Phi) is 4.54. The van der Waals surface area contributed by atoms with Gasteiger partial charge in [-0.15, -0.1) is 0 Å². The van der Waals surface area contributed by atoms with E-state index in [1.807, 2.05) is 6.92 Å². The van der Waals surface area contributed by atoms with Gasteiger partial charge in [0, 0.05) is 12.8 Å². The summed E-state index contributed by atoms with van der Waals surface area (Å²) < 4.78 is 0. The molecule has 0 bridgehead atoms. The molecule has 0 heterocycles. The zero-order valence-electron chi connectivity index (χ0n) is 6.37. The second-order valence-electron chi connectivity index (χ2n) is 2.18. The number of hydrogen-bond acceptors (Lipinski definition) is 2. The van der Waals surface area contributed by atoms with Crippen molar-refractivity contribution >= 4 is 12.2 Å². The van der Waals surface area contributed by atoms with Crippen LogP contribution in [0, 0.1) is 5.92 Å². The highest BCUT2D eigenvalue weighted by Gasteiger charge is 2.05. The van der Waals surface area contributed by atoms with Crippen molar-refractivity contribution in [3.63, 3.8) is 0 Å². The van der Waals surface area contributed by atoms with Crippen molar-refractivity contribution < 1.29 is 9.90 Å². The van der Waals surface area contributed by atoms with E-state index in [0.717, 1.165) is 13.0 Å². The molecule has 0 aromatic heterocycles. The quantitative estimate of drug-likeness (QED) is 0.601. The third-order valence-electron chi connectivity index (χ3n) is 1.07. The predicted octanol–water partition coefficient (Wildman–Crippen LogP) is 1.19. The molecular weight excluding hydrogens is 130 g/mol. The molecule has 0 aliphatic carbocycles. The predicted molar refractivity (Wildman–Crippen MR) is 40.4 cm³/mol. The third kappa shape index (κ3) is 4.06. The molecule has 0 saturated carbocycles. The van der Waals surface area contributed by atoms with Crippen molar-refractivity contribution in [2.45, 2.75) is 20.3 Å². The Morgan fingerprint density at radius 3 is 2.80 bits per heavy atom. The fourth-order valence-electron chi connectivity index (χ4n) is 0.426. The number of carbonyl (C=O) groups is 1. The van der Waals surface area contributed by atoms with Crippen molar-refractivity contribution in [2.75, 3.05) is 6.54 Å². The smallest absolute Gasteiger partial charge is 0.311 e. The topological polar surface area (TPSA) is 49.7 Å². The lowest BCUT2D eigenvalue weighted by molar-refractivity contribution is -0.138. The van der Waals surface area contributed by atoms with Crippen LogP contribution in [-0.4, -0.2) is 23.8 Å². The summed E-state index contributed by atoms with van der Waals surface area (Å²) >= 11 is 0. The van der Waals surface area contributed by atoms with Gasteiger partial charge in [-0.1, -0.05) is 6.92 Å². The first kappa shape index (κ1) is 9.14. The summed E-state index contributed by atoms with van der Waals surface area (Å²) in [5.74, 6) is -1.27. The number of aliphatic imine (C=N–C) groups is 1. The lowest BCUT2D eigenvalue weighted by Crippen LogP contribution is -2.10. The molecule has 0 aromatic rings. The van der Waals surface area contributed by atoms with Gasteiger partial charge in [-0.3, -0.25) is 9.79 Å². The van der Waals surface area contributed by atoms with Gasteiger partial charge in [-0.05, 0) is 13.3 Å². The lowest BCUT2D eigenvalue weighted by atomic mass is 10.2. The van der Waals surface area contributed by atoms with Gasteiger partial charge >= 0.3 is 5.97 Å². The molecule has 0 saturated heterocycles. The molecule has 3 nitrogen and oxygen atoms in total. The molecule has 0 aliphatic rings. The van der Waals surface area contributed by atoms with Gasteiger partial charge in [0.25, 0.3) is 0 Å². The SMILES string of the molecule is CCCN=CC(C)C(=O)O.